The van der Waals surface area contributed by atoms with Gasteiger partial charge in [-0.2, -0.15) is 0 Å². The molecule has 0 radical (unpaired) electrons. The lowest BCUT2D eigenvalue weighted by Crippen LogP contribution is -2.49. The van der Waals surface area contributed by atoms with Gasteiger partial charge < -0.3 is 15.0 Å². The van der Waals surface area contributed by atoms with E-state index in [9.17, 15) is 0 Å². The highest BCUT2D eigenvalue weighted by atomic mass is 16.5. The maximum atomic E-state index is 5.86. The van der Waals surface area contributed by atoms with Crippen molar-refractivity contribution >= 4 is 0 Å². The number of hydrogen-bond acceptors (Lipinski definition) is 3. The minimum absolute atomic E-state index is 0.391. The van der Waals surface area contributed by atoms with Gasteiger partial charge in [-0.25, -0.2) is 0 Å². The molecule has 0 aromatic rings. The SMILES string of the molecule is CCCC1CCN(CC2(CNC3CC3)CCCOC2)C1. The van der Waals surface area contributed by atoms with Crippen molar-refractivity contribution in [3.05, 3.63) is 0 Å². The molecule has 2 saturated heterocycles. The molecule has 3 nitrogen and oxygen atoms in total. The third kappa shape index (κ3) is 3.96. The molecule has 1 N–H and O–H groups in total. The van der Waals surface area contributed by atoms with Crippen molar-refractivity contribution in [1.82, 2.24) is 10.2 Å². The zero-order valence-corrected chi connectivity index (χ0v) is 13.2. The summed E-state index contributed by atoms with van der Waals surface area (Å²) in [5.74, 6) is 0.956. The standard InChI is InChI=1S/C17H32N2O/c1-2-4-15-7-9-19(11-15)13-17(8-3-10-20-14-17)12-18-16-5-6-16/h15-16,18H,2-14H2,1H3. The van der Waals surface area contributed by atoms with Gasteiger partial charge >= 0.3 is 0 Å². The Morgan fingerprint density at radius 3 is 2.90 bits per heavy atom. The van der Waals surface area contributed by atoms with Crippen molar-refractivity contribution in [2.24, 2.45) is 11.3 Å². The van der Waals surface area contributed by atoms with Gasteiger partial charge in [0, 0.05) is 37.7 Å². The summed E-state index contributed by atoms with van der Waals surface area (Å²) < 4.78 is 5.86. The van der Waals surface area contributed by atoms with Crippen LogP contribution in [0.1, 0.15) is 51.9 Å². The van der Waals surface area contributed by atoms with E-state index in [2.05, 4.69) is 17.1 Å². The van der Waals surface area contributed by atoms with Gasteiger partial charge in [0.2, 0.25) is 0 Å². The molecule has 0 aromatic heterocycles. The molecule has 0 bridgehead atoms. The van der Waals surface area contributed by atoms with E-state index in [-0.39, 0.29) is 0 Å². The molecule has 3 aliphatic rings. The first-order valence-electron chi connectivity index (χ1n) is 8.83. The van der Waals surface area contributed by atoms with Gasteiger partial charge in [0.15, 0.2) is 0 Å². The molecule has 2 aliphatic heterocycles. The van der Waals surface area contributed by atoms with E-state index in [0.29, 0.717) is 5.41 Å². The Morgan fingerprint density at radius 2 is 2.20 bits per heavy atom. The summed E-state index contributed by atoms with van der Waals surface area (Å²) >= 11 is 0. The Balaban J connectivity index is 1.52. The lowest BCUT2D eigenvalue weighted by molar-refractivity contribution is -0.0237. The summed E-state index contributed by atoms with van der Waals surface area (Å²) in [6, 6.07) is 0.820. The predicted octanol–water partition coefficient (Wildman–Crippen LogP) is 2.66. The fourth-order valence-corrected chi connectivity index (χ4v) is 4.05. The number of likely N-dealkylation sites (tertiary alicyclic amines) is 1. The first kappa shape index (κ1) is 14.8. The van der Waals surface area contributed by atoms with Gasteiger partial charge in [0.05, 0.1) is 6.61 Å². The largest absolute Gasteiger partial charge is 0.381 e. The van der Waals surface area contributed by atoms with Crippen molar-refractivity contribution in [2.45, 2.75) is 57.9 Å². The fourth-order valence-electron chi connectivity index (χ4n) is 4.05. The van der Waals surface area contributed by atoms with Gasteiger partial charge in [-0.1, -0.05) is 13.3 Å². The summed E-state index contributed by atoms with van der Waals surface area (Å²) in [5.41, 5.74) is 0.391. The minimum Gasteiger partial charge on any atom is -0.381 e. The first-order valence-corrected chi connectivity index (χ1v) is 8.83. The maximum absolute atomic E-state index is 5.86. The lowest BCUT2D eigenvalue weighted by atomic mass is 9.81. The monoisotopic (exact) mass is 280 g/mol. The van der Waals surface area contributed by atoms with Crippen LogP contribution in [0, 0.1) is 11.3 Å². The molecule has 0 aromatic carbocycles. The van der Waals surface area contributed by atoms with Crippen molar-refractivity contribution in [2.75, 3.05) is 39.4 Å². The van der Waals surface area contributed by atoms with E-state index in [1.807, 2.05) is 0 Å². The van der Waals surface area contributed by atoms with Crippen LogP contribution in [0.15, 0.2) is 0 Å². The zero-order chi connectivity index (χ0) is 13.8. The smallest absolute Gasteiger partial charge is 0.0546 e. The third-order valence-electron chi connectivity index (χ3n) is 5.37. The Morgan fingerprint density at radius 1 is 1.30 bits per heavy atom. The van der Waals surface area contributed by atoms with E-state index in [4.69, 9.17) is 4.74 Å². The molecule has 3 fully saturated rings. The molecule has 20 heavy (non-hydrogen) atoms. The molecule has 2 atom stereocenters. The van der Waals surface area contributed by atoms with Gasteiger partial charge in [-0.3, -0.25) is 0 Å². The second-order valence-corrected chi connectivity index (χ2v) is 7.49. The van der Waals surface area contributed by atoms with Crippen LogP contribution in [-0.2, 0) is 4.74 Å². The second-order valence-electron chi connectivity index (χ2n) is 7.49. The normalized spacial score (nSPS) is 35.5. The Labute approximate surface area is 124 Å². The predicted molar refractivity (Wildman–Crippen MR) is 83.0 cm³/mol. The van der Waals surface area contributed by atoms with Crippen LogP contribution in [0.3, 0.4) is 0 Å². The number of hydrogen-bond donors (Lipinski definition) is 1. The molecular weight excluding hydrogens is 248 g/mol. The third-order valence-corrected chi connectivity index (χ3v) is 5.37. The lowest BCUT2D eigenvalue weighted by Gasteiger charge is -2.40. The van der Waals surface area contributed by atoms with Crippen LogP contribution >= 0.6 is 0 Å². The Hall–Kier alpha value is -0.120. The van der Waals surface area contributed by atoms with E-state index in [1.165, 1.54) is 71.1 Å². The average molecular weight is 280 g/mol. The molecule has 0 spiro atoms. The molecular formula is C17H32N2O. The second kappa shape index (κ2) is 6.76. The van der Waals surface area contributed by atoms with E-state index >= 15 is 0 Å². The van der Waals surface area contributed by atoms with Crippen LogP contribution < -0.4 is 5.32 Å². The summed E-state index contributed by atoms with van der Waals surface area (Å²) in [6.07, 6.45) is 9.55. The van der Waals surface area contributed by atoms with E-state index < -0.39 is 0 Å². The van der Waals surface area contributed by atoms with Crippen molar-refractivity contribution in [3.63, 3.8) is 0 Å². The summed E-state index contributed by atoms with van der Waals surface area (Å²) in [7, 11) is 0. The van der Waals surface area contributed by atoms with Gasteiger partial charge in [0.1, 0.15) is 0 Å². The Bertz CT molecular complexity index is 297. The number of rotatable bonds is 7. The van der Waals surface area contributed by atoms with Gasteiger partial charge in [-0.05, 0) is 51.0 Å². The highest BCUT2D eigenvalue weighted by Gasteiger charge is 2.37. The molecule has 1 saturated carbocycles. The average Bonchev–Trinajstić information content (AvgIpc) is 3.20. The van der Waals surface area contributed by atoms with Crippen LogP contribution in [-0.4, -0.2) is 50.3 Å². The quantitative estimate of drug-likeness (QED) is 0.776. The highest BCUT2D eigenvalue weighted by molar-refractivity contribution is 4.92. The molecule has 0 amide bonds. The van der Waals surface area contributed by atoms with Crippen LogP contribution in [0.25, 0.3) is 0 Å². The Kier molecular flexibility index (Phi) is 5.00. The highest BCUT2D eigenvalue weighted by Crippen LogP contribution is 2.33. The number of nitrogens with zero attached hydrogens (tertiary/aromatic N) is 1. The topological polar surface area (TPSA) is 24.5 Å². The van der Waals surface area contributed by atoms with Crippen LogP contribution in [0.4, 0.5) is 0 Å². The van der Waals surface area contributed by atoms with Crippen molar-refractivity contribution in [1.29, 1.82) is 0 Å². The van der Waals surface area contributed by atoms with Crippen molar-refractivity contribution < 1.29 is 4.74 Å². The van der Waals surface area contributed by atoms with Gasteiger partial charge in [0.25, 0.3) is 0 Å². The van der Waals surface area contributed by atoms with E-state index in [1.54, 1.807) is 0 Å². The molecule has 3 heteroatoms. The van der Waals surface area contributed by atoms with E-state index in [0.717, 1.165) is 25.2 Å². The number of nitrogens with one attached hydrogen (secondary N) is 1. The molecule has 1 aliphatic carbocycles. The number of ether oxygens (including phenoxy) is 1. The van der Waals surface area contributed by atoms with Gasteiger partial charge in [-0.15, -0.1) is 0 Å². The summed E-state index contributed by atoms with van der Waals surface area (Å²) in [6.45, 7) is 9.35. The molecule has 116 valence electrons. The fraction of sp³-hybridized carbons (Fsp3) is 1.00. The first-order chi connectivity index (χ1) is 9.80. The molecule has 3 rings (SSSR count). The molecule has 2 unspecified atom stereocenters. The van der Waals surface area contributed by atoms with Crippen LogP contribution in [0.5, 0.6) is 0 Å². The van der Waals surface area contributed by atoms with Crippen molar-refractivity contribution in [3.8, 4) is 0 Å². The van der Waals surface area contributed by atoms with Crippen LogP contribution in [0.2, 0.25) is 0 Å². The minimum atomic E-state index is 0.391. The summed E-state index contributed by atoms with van der Waals surface area (Å²) in [4.78, 5) is 2.73. The zero-order valence-electron chi connectivity index (χ0n) is 13.2. The molecule has 2 heterocycles. The summed E-state index contributed by atoms with van der Waals surface area (Å²) in [5, 5.41) is 3.77. The maximum Gasteiger partial charge on any atom is 0.0546 e.